The number of hydrogen-bond acceptors (Lipinski definition) is 3. The first-order valence-corrected chi connectivity index (χ1v) is 8.49. The largest absolute Gasteiger partial charge is 0.482 e. The van der Waals surface area contributed by atoms with E-state index < -0.39 is 0 Å². The van der Waals surface area contributed by atoms with Gasteiger partial charge in [-0.1, -0.05) is 23.2 Å². The molecule has 2 rings (SSSR count). The van der Waals surface area contributed by atoms with E-state index in [1.165, 1.54) is 0 Å². The summed E-state index contributed by atoms with van der Waals surface area (Å²) in [5.74, 6) is 0.616. The lowest BCUT2D eigenvalue weighted by Gasteiger charge is -2.34. The molecule has 1 fully saturated rings. The van der Waals surface area contributed by atoms with Gasteiger partial charge in [0.05, 0.1) is 5.02 Å². The standard InChI is InChI=1S/C15H17Cl3N2O3/c16-4-3-14(21)19-5-7-20(8-6-19)15(22)10-23-13-2-1-11(17)9-12(13)18/h1-2,9H,3-8,10H2. The topological polar surface area (TPSA) is 49.9 Å². The smallest absolute Gasteiger partial charge is 0.260 e. The molecule has 0 bridgehead atoms. The van der Waals surface area contributed by atoms with E-state index in [9.17, 15) is 9.59 Å². The second-order valence-electron chi connectivity index (χ2n) is 5.06. The number of carbonyl (C=O) groups excluding carboxylic acids is 2. The third-order valence-corrected chi connectivity index (χ3v) is 4.26. The van der Waals surface area contributed by atoms with Gasteiger partial charge in [0.25, 0.3) is 5.91 Å². The zero-order valence-corrected chi connectivity index (χ0v) is 14.7. The van der Waals surface area contributed by atoms with Crippen LogP contribution >= 0.6 is 34.8 Å². The fraction of sp³-hybridized carbons (Fsp3) is 0.467. The van der Waals surface area contributed by atoms with E-state index in [2.05, 4.69) is 0 Å². The van der Waals surface area contributed by atoms with Crippen LogP contribution in [-0.4, -0.2) is 60.3 Å². The summed E-state index contributed by atoms with van der Waals surface area (Å²) in [4.78, 5) is 27.3. The van der Waals surface area contributed by atoms with Crippen LogP contribution in [0, 0.1) is 0 Å². The van der Waals surface area contributed by atoms with Crippen LogP contribution in [0.5, 0.6) is 5.75 Å². The number of halogens is 3. The summed E-state index contributed by atoms with van der Waals surface area (Å²) in [6.45, 7) is 1.92. The number of carbonyl (C=O) groups is 2. The molecule has 0 aromatic heterocycles. The van der Waals surface area contributed by atoms with E-state index in [1.807, 2.05) is 0 Å². The minimum absolute atomic E-state index is 0.0243. The van der Waals surface area contributed by atoms with Crippen LogP contribution in [0.15, 0.2) is 18.2 Å². The van der Waals surface area contributed by atoms with Crippen molar-refractivity contribution < 1.29 is 14.3 Å². The van der Waals surface area contributed by atoms with Crippen molar-refractivity contribution in [3.8, 4) is 5.75 Å². The first-order valence-electron chi connectivity index (χ1n) is 7.20. The normalized spacial score (nSPS) is 14.7. The third kappa shape index (κ3) is 5.16. The number of hydrogen-bond donors (Lipinski definition) is 0. The highest BCUT2D eigenvalue weighted by molar-refractivity contribution is 6.35. The maximum absolute atomic E-state index is 12.2. The molecule has 0 aliphatic carbocycles. The molecule has 2 amide bonds. The molecule has 1 aromatic carbocycles. The van der Waals surface area contributed by atoms with Gasteiger partial charge in [0.1, 0.15) is 5.75 Å². The predicted octanol–water partition coefficient (Wildman–Crippen LogP) is 2.67. The lowest BCUT2D eigenvalue weighted by molar-refractivity contribution is -0.140. The van der Waals surface area contributed by atoms with Gasteiger partial charge in [-0.25, -0.2) is 0 Å². The number of piperazine rings is 1. The molecule has 0 atom stereocenters. The average Bonchev–Trinajstić information content (AvgIpc) is 2.54. The van der Waals surface area contributed by atoms with Crippen LogP contribution in [0.4, 0.5) is 0 Å². The average molecular weight is 380 g/mol. The van der Waals surface area contributed by atoms with Gasteiger partial charge in [0.2, 0.25) is 5.91 Å². The molecule has 0 spiro atoms. The Bertz CT molecular complexity index is 575. The van der Waals surface area contributed by atoms with Crippen LogP contribution in [-0.2, 0) is 9.59 Å². The summed E-state index contributed by atoms with van der Waals surface area (Å²) in [6, 6.07) is 4.83. The number of amides is 2. The van der Waals surface area contributed by atoms with E-state index in [1.54, 1.807) is 28.0 Å². The van der Waals surface area contributed by atoms with Crippen molar-refractivity contribution in [3.05, 3.63) is 28.2 Å². The first kappa shape index (κ1) is 18.2. The van der Waals surface area contributed by atoms with Crippen LogP contribution in [0.1, 0.15) is 6.42 Å². The highest BCUT2D eigenvalue weighted by atomic mass is 35.5. The lowest BCUT2D eigenvalue weighted by Crippen LogP contribution is -2.51. The molecule has 1 aliphatic heterocycles. The third-order valence-electron chi connectivity index (χ3n) is 3.54. The zero-order chi connectivity index (χ0) is 16.8. The van der Waals surface area contributed by atoms with Gasteiger partial charge in [-0.2, -0.15) is 0 Å². The maximum Gasteiger partial charge on any atom is 0.260 e. The van der Waals surface area contributed by atoms with Crippen LogP contribution in [0.2, 0.25) is 10.0 Å². The van der Waals surface area contributed by atoms with E-state index in [0.29, 0.717) is 54.3 Å². The summed E-state index contributed by atoms with van der Waals surface area (Å²) >= 11 is 17.4. The number of ether oxygens (including phenoxy) is 1. The SMILES string of the molecule is O=C(CCCl)N1CCN(C(=O)COc2ccc(Cl)cc2Cl)CC1. The van der Waals surface area contributed by atoms with E-state index >= 15 is 0 Å². The molecule has 8 heteroatoms. The Morgan fingerprint density at radius 3 is 2.22 bits per heavy atom. The molecule has 0 N–H and O–H groups in total. The van der Waals surface area contributed by atoms with Crippen molar-refractivity contribution in [2.45, 2.75) is 6.42 Å². The Kier molecular flexibility index (Phi) is 6.81. The summed E-state index contributed by atoms with van der Waals surface area (Å²) < 4.78 is 5.44. The second-order valence-corrected chi connectivity index (χ2v) is 6.29. The van der Waals surface area contributed by atoms with Crippen LogP contribution in [0.3, 0.4) is 0 Å². The number of rotatable bonds is 5. The van der Waals surface area contributed by atoms with Crippen molar-refractivity contribution in [3.63, 3.8) is 0 Å². The highest BCUT2D eigenvalue weighted by Crippen LogP contribution is 2.27. The number of nitrogens with zero attached hydrogens (tertiary/aromatic N) is 2. The second kappa shape index (κ2) is 8.62. The maximum atomic E-state index is 12.2. The molecule has 1 aliphatic rings. The molecular formula is C15H17Cl3N2O3. The van der Waals surface area contributed by atoms with Crippen molar-refractivity contribution in [1.82, 2.24) is 9.80 Å². The fourth-order valence-corrected chi connectivity index (χ4v) is 2.89. The predicted molar refractivity (Wildman–Crippen MR) is 90.5 cm³/mol. The first-order chi connectivity index (χ1) is 11.0. The van der Waals surface area contributed by atoms with E-state index in [4.69, 9.17) is 39.5 Å². The summed E-state index contributed by atoms with van der Waals surface area (Å²) in [5.41, 5.74) is 0. The Labute approximate surface area is 150 Å². The highest BCUT2D eigenvalue weighted by Gasteiger charge is 2.24. The summed E-state index contributed by atoms with van der Waals surface area (Å²) in [5, 5.41) is 0.869. The molecule has 0 saturated carbocycles. The van der Waals surface area contributed by atoms with Crippen LogP contribution < -0.4 is 4.74 Å². The van der Waals surface area contributed by atoms with E-state index in [-0.39, 0.29) is 18.4 Å². The van der Waals surface area contributed by atoms with Crippen molar-refractivity contribution in [1.29, 1.82) is 0 Å². The molecule has 1 saturated heterocycles. The van der Waals surface area contributed by atoms with Gasteiger partial charge in [-0.3, -0.25) is 9.59 Å². The number of benzene rings is 1. The summed E-state index contributed by atoms with van der Waals surface area (Å²) in [6.07, 6.45) is 0.327. The Morgan fingerprint density at radius 1 is 1.04 bits per heavy atom. The summed E-state index contributed by atoms with van der Waals surface area (Å²) in [7, 11) is 0. The van der Waals surface area contributed by atoms with Crippen molar-refractivity contribution in [2.24, 2.45) is 0 Å². The molecule has 5 nitrogen and oxygen atoms in total. The zero-order valence-electron chi connectivity index (χ0n) is 12.4. The lowest BCUT2D eigenvalue weighted by atomic mass is 10.3. The van der Waals surface area contributed by atoms with Gasteiger partial charge in [-0.05, 0) is 18.2 Å². The molecule has 1 heterocycles. The minimum atomic E-state index is -0.138. The Balaban J connectivity index is 1.80. The van der Waals surface area contributed by atoms with Gasteiger partial charge < -0.3 is 14.5 Å². The Morgan fingerprint density at radius 2 is 1.65 bits per heavy atom. The van der Waals surface area contributed by atoms with E-state index in [0.717, 1.165) is 0 Å². The van der Waals surface area contributed by atoms with Gasteiger partial charge in [-0.15, -0.1) is 11.6 Å². The monoisotopic (exact) mass is 378 g/mol. The van der Waals surface area contributed by atoms with Crippen LogP contribution in [0.25, 0.3) is 0 Å². The molecular weight excluding hydrogens is 363 g/mol. The van der Waals surface area contributed by atoms with Crippen molar-refractivity contribution in [2.75, 3.05) is 38.7 Å². The molecule has 0 unspecified atom stereocenters. The fourth-order valence-electron chi connectivity index (χ4n) is 2.27. The Hall–Kier alpha value is -1.17. The van der Waals surface area contributed by atoms with Gasteiger partial charge in [0.15, 0.2) is 6.61 Å². The quantitative estimate of drug-likeness (QED) is 0.739. The van der Waals surface area contributed by atoms with Crippen molar-refractivity contribution >= 4 is 46.6 Å². The van der Waals surface area contributed by atoms with Gasteiger partial charge >= 0.3 is 0 Å². The molecule has 1 aromatic rings. The molecule has 23 heavy (non-hydrogen) atoms. The molecule has 0 radical (unpaired) electrons. The van der Waals surface area contributed by atoms with Gasteiger partial charge in [0, 0.05) is 43.5 Å². The minimum Gasteiger partial charge on any atom is -0.482 e. The molecule has 126 valence electrons. The number of alkyl halides is 1.